The highest BCUT2D eigenvalue weighted by atomic mass is 16.2. The van der Waals surface area contributed by atoms with E-state index in [2.05, 4.69) is 20.6 Å². The number of carbonyl (C=O) groups excluding carboxylic acids is 2. The molecule has 2 N–H and O–H groups in total. The molecule has 1 aliphatic rings. The van der Waals surface area contributed by atoms with E-state index in [0.29, 0.717) is 19.6 Å². The number of nitrogens with zero attached hydrogens (tertiary/aromatic N) is 3. The largest absolute Gasteiger partial charge is 0.355 e. The van der Waals surface area contributed by atoms with Gasteiger partial charge >= 0.3 is 0 Å². The molecule has 0 radical (unpaired) electrons. The molecule has 1 aromatic rings. The third-order valence-corrected chi connectivity index (χ3v) is 3.64. The molecule has 0 aromatic carbocycles. The molecular formula is C14H23N5O2. The Hall–Kier alpha value is -1.89. The highest BCUT2D eigenvalue weighted by Crippen LogP contribution is 2.30. The van der Waals surface area contributed by atoms with Crippen LogP contribution in [-0.2, 0) is 16.6 Å². The number of likely N-dealkylation sites (tertiary alicyclic amines) is 1. The lowest BCUT2D eigenvalue weighted by Crippen LogP contribution is -2.40. The first-order valence-corrected chi connectivity index (χ1v) is 7.30. The molecule has 1 fully saturated rings. The van der Waals surface area contributed by atoms with Crippen LogP contribution in [0.15, 0.2) is 12.4 Å². The zero-order valence-corrected chi connectivity index (χ0v) is 12.6. The van der Waals surface area contributed by atoms with E-state index in [-0.39, 0.29) is 17.9 Å². The minimum absolute atomic E-state index is 0.00357. The molecule has 1 atom stereocenters. The predicted octanol–water partition coefficient (Wildman–Crippen LogP) is -0.191. The molecule has 0 saturated carbocycles. The Morgan fingerprint density at radius 3 is 2.81 bits per heavy atom. The van der Waals surface area contributed by atoms with Gasteiger partial charge in [0, 0.05) is 44.9 Å². The van der Waals surface area contributed by atoms with Crippen LogP contribution in [0.4, 0.5) is 0 Å². The number of carbonyl (C=O) groups is 2. The average molecular weight is 293 g/mol. The Labute approximate surface area is 124 Å². The summed E-state index contributed by atoms with van der Waals surface area (Å²) in [6, 6.07) is 0.278. The number of aryl methyl sites for hydroxylation is 1. The third kappa shape index (κ3) is 4.56. The van der Waals surface area contributed by atoms with Crippen LogP contribution in [0, 0.1) is 0 Å². The van der Waals surface area contributed by atoms with E-state index in [1.54, 1.807) is 4.68 Å². The van der Waals surface area contributed by atoms with Crippen molar-refractivity contribution in [1.82, 2.24) is 25.3 Å². The topological polar surface area (TPSA) is 79.3 Å². The highest BCUT2D eigenvalue weighted by molar-refractivity contribution is 5.78. The molecule has 0 aliphatic carbocycles. The molecule has 1 aromatic heterocycles. The van der Waals surface area contributed by atoms with Crippen LogP contribution in [0.5, 0.6) is 0 Å². The lowest BCUT2D eigenvalue weighted by atomic mass is 10.1. The van der Waals surface area contributed by atoms with Crippen molar-refractivity contribution in [2.45, 2.75) is 25.8 Å². The Bertz CT molecular complexity index is 499. The fraction of sp³-hybridized carbons (Fsp3) is 0.643. The maximum absolute atomic E-state index is 11.9. The quantitative estimate of drug-likeness (QED) is 0.713. The zero-order chi connectivity index (χ0) is 15.2. The number of aromatic nitrogens is 2. The second-order valence-corrected chi connectivity index (χ2v) is 5.41. The van der Waals surface area contributed by atoms with E-state index < -0.39 is 0 Å². The monoisotopic (exact) mass is 293 g/mol. The molecular weight excluding hydrogens is 270 g/mol. The van der Waals surface area contributed by atoms with Gasteiger partial charge in [-0.3, -0.25) is 19.2 Å². The average Bonchev–Trinajstić information content (AvgIpc) is 3.03. The summed E-state index contributed by atoms with van der Waals surface area (Å²) in [6.07, 6.45) is 6.04. The number of rotatable bonds is 6. The van der Waals surface area contributed by atoms with Crippen molar-refractivity contribution < 1.29 is 9.59 Å². The van der Waals surface area contributed by atoms with E-state index in [1.807, 2.05) is 19.4 Å². The molecule has 0 spiro atoms. The van der Waals surface area contributed by atoms with Crippen LogP contribution in [0.2, 0.25) is 0 Å². The lowest BCUT2D eigenvalue weighted by Gasteiger charge is -2.22. The van der Waals surface area contributed by atoms with Crippen LogP contribution in [0.3, 0.4) is 0 Å². The van der Waals surface area contributed by atoms with Gasteiger partial charge in [0.25, 0.3) is 0 Å². The van der Waals surface area contributed by atoms with Gasteiger partial charge in [-0.2, -0.15) is 5.10 Å². The summed E-state index contributed by atoms with van der Waals surface area (Å²) in [4.78, 5) is 24.9. The van der Waals surface area contributed by atoms with Gasteiger partial charge < -0.3 is 10.6 Å². The normalized spacial score (nSPS) is 18.7. The fourth-order valence-corrected chi connectivity index (χ4v) is 2.69. The smallest absolute Gasteiger partial charge is 0.234 e. The Morgan fingerprint density at radius 1 is 1.38 bits per heavy atom. The van der Waals surface area contributed by atoms with Gasteiger partial charge in [-0.05, 0) is 19.4 Å². The second kappa shape index (κ2) is 7.21. The van der Waals surface area contributed by atoms with Crippen molar-refractivity contribution in [3.05, 3.63) is 18.0 Å². The van der Waals surface area contributed by atoms with E-state index in [4.69, 9.17) is 0 Å². The van der Waals surface area contributed by atoms with Gasteiger partial charge in [-0.1, -0.05) is 0 Å². The van der Waals surface area contributed by atoms with Crippen molar-refractivity contribution in [2.24, 2.45) is 7.05 Å². The summed E-state index contributed by atoms with van der Waals surface area (Å²) in [5.41, 5.74) is 1.17. The standard InChI is InChI=1S/C14H23N5O2/c1-11(20)15-5-6-16-14(21)10-19-7-3-4-13(19)12-8-17-18(2)9-12/h8-9,13H,3-7,10H2,1-2H3,(H,15,20)(H,16,21)/t13-/m0/s1. The summed E-state index contributed by atoms with van der Waals surface area (Å²) in [5.74, 6) is -0.0865. The van der Waals surface area contributed by atoms with Gasteiger partial charge in [0.15, 0.2) is 0 Å². The van der Waals surface area contributed by atoms with Crippen molar-refractivity contribution in [3.63, 3.8) is 0 Å². The van der Waals surface area contributed by atoms with Crippen molar-refractivity contribution >= 4 is 11.8 Å². The van der Waals surface area contributed by atoms with Crippen molar-refractivity contribution in [2.75, 3.05) is 26.2 Å². The Morgan fingerprint density at radius 2 is 2.14 bits per heavy atom. The molecule has 7 nitrogen and oxygen atoms in total. The van der Waals surface area contributed by atoms with E-state index in [1.165, 1.54) is 12.5 Å². The summed E-state index contributed by atoms with van der Waals surface area (Å²) >= 11 is 0. The second-order valence-electron chi connectivity index (χ2n) is 5.41. The molecule has 2 amide bonds. The van der Waals surface area contributed by atoms with E-state index in [0.717, 1.165) is 19.4 Å². The maximum Gasteiger partial charge on any atom is 0.234 e. The molecule has 2 heterocycles. The zero-order valence-electron chi connectivity index (χ0n) is 12.6. The summed E-state index contributed by atoms with van der Waals surface area (Å²) in [5, 5.41) is 9.68. The number of amides is 2. The Kier molecular flexibility index (Phi) is 5.32. The SMILES string of the molecule is CC(=O)NCCNC(=O)CN1CCC[C@H]1c1cnn(C)c1. The first-order chi connectivity index (χ1) is 10.1. The first-order valence-electron chi connectivity index (χ1n) is 7.30. The first kappa shape index (κ1) is 15.5. The van der Waals surface area contributed by atoms with Gasteiger partial charge in [0.2, 0.25) is 11.8 Å². The van der Waals surface area contributed by atoms with Crippen molar-refractivity contribution in [1.29, 1.82) is 0 Å². The minimum atomic E-state index is -0.0829. The van der Waals surface area contributed by atoms with Crippen LogP contribution in [-0.4, -0.2) is 52.7 Å². The van der Waals surface area contributed by atoms with Crippen LogP contribution < -0.4 is 10.6 Å². The van der Waals surface area contributed by atoms with Crippen LogP contribution in [0.1, 0.15) is 31.4 Å². The lowest BCUT2D eigenvalue weighted by molar-refractivity contribution is -0.123. The van der Waals surface area contributed by atoms with Crippen molar-refractivity contribution in [3.8, 4) is 0 Å². The fourth-order valence-electron chi connectivity index (χ4n) is 2.69. The Balaban J connectivity index is 1.78. The number of nitrogens with one attached hydrogen (secondary N) is 2. The molecule has 116 valence electrons. The van der Waals surface area contributed by atoms with Crippen LogP contribution >= 0.6 is 0 Å². The summed E-state index contributed by atoms with van der Waals surface area (Å²) in [6.45, 7) is 3.71. The molecule has 0 unspecified atom stereocenters. The maximum atomic E-state index is 11.9. The molecule has 1 aliphatic heterocycles. The molecule has 1 saturated heterocycles. The minimum Gasteiger partial charge on any atom is -0.355 e. The number of hydrogen-bond acceptors (Lipinski definition) is 4. The van der Waals surface area contributed by atoms with Gasteiger partial charge in [0.1, 0.15) is 0 Å². The van der Waals surface area contributed by atoms with E-state index >= 15 is 0 Å². The summed E-state index contributed by atoms with van der Waals surface area (Å²) < 4.78 is 1.79. The molecule has 2 rings (SSSR count). The van der Waals surface area contributed by atoms with Gasteiger partial charge in [0.05, 0.1) is 12.7 Å². The van der Waals surface area contributed by atoms with E-state index in [9.17, 15) is 9.59 Å². The van der Waals surface area contributed by atoms with Crippen LogP contribution in [0.25, 0.3) is 0 Å². The van der Waals surface area contributed by atoms with Gasteiger partial charge in [-0.25, -0.2) is 0 Å². The molecule has 21 heavy (non-hydrogen) atoms. The summed E-state index contributed by atoms with van der Waals surface area (Å²) in [7, 11) is 1.90. The van der Waals surface area contributed by atoms with Gasteiger partial charge in [-0.15, -0.1) is 0 Å². The molecule has 7 heteroatoms. The third-order valence-electron chi connectivity index (χ3n) is 3.64. The predicted molar refractivity (Wildman–Crippen MR) is 78.4 cm³/mol. The highest BCUT2D eigenvalue weighted by Gasteiger charge is 2.28. The number of hydrogen-bond donors (Lipinski definition) is 2. The molecule has 0 bridgehead atoms.